The number of hydrogen-bond acceptors (Lipinski definition) is 3. The Morgan fingerprint density at radius 1 is 1.27 bits per heavy atom. The molecule has 0 saturated heterocycles. The Bertz CT molecular complexity index is 229. The molecule has 0 heterocycles. The zero-order valence-corrected chi connectivity index (χ0v) is 9.20. The maximum atomic E-state index is 10.5. The molecule has 0 atom stereocenters. The highest BCUT2D eigenvalue weighted by Crippen LogP contribution is 1.94. The second-order valence-electron chi connectivity index (χ2n) is 2.19. The number of rotatable bonds is 6. The first-order valence-corrected chi connectivity index (χ1v) is 4.44. The molecule has 0 N–H and O–H groups in total. The second kappa shape index (κ2) is 12.2. The molecule has 84 valence electrons. The highest BCUT2D eigenvalue weighted by Gasteiger charge is 1.94. The van der Waals surface area contributed by atoms with E-state index in [9.17, 15) is 4.79 Å². The molecule has 15 heavy (non-hydrogen) atoms. The van der Waals surface area contributed by atoms with Crippen molar-refractivity contribution in [3.8, 4) is 0 Å². The number of carbonyl (C=O) groups is 1. The van der Waals surface area contributed by atoms with Gasteiger partial charge in [-0.05, 0) is 13.0 Å². The Labute approximate surface area is 91.4 Å². The van der Waals surface area contributed by atoms with Crippen LogP contribution in [0.3, 0.4) is 0 Å². The van der Waals surface area contributed by atoms with Crippen LogP contribution in [0, 0.1) is 0 Å². The van der Waals surface area contributed by atoms with Crippen molar-refractivity contribution in [2.45, 2.75) is 6.92 Å². The molecule has 0 fully saturated rings. The highest BCUT2D eigenvalue weighted by atomic mass is 16.6. The summed E-state index contributed by atoms with van der Waals surface area (Å²) in [7, 11) is 0. The van der Waals surface area contributed by atoms with Crippen LogP contribution in [0.2, 0.25) is 0 Å². The van der Waals surface area contributed by atoms with Crippen molar-refractivity contribution in [3.05, 3.63) is 50.3 Å². The molecule has 0 radical (unpaired) electrons. The van der Waals surface area contributed by atoms with Crippen LogP contribution >= 0.6 is 0 Å². The van der Waals surface area contributed by atoms with Crippen LogP contribution < -0.4 is 0 Å². The van der Waals surface area contributed by atoms with Crippen molar-refractivity contribution in [2.24, 2.45) is 0 Å². The quantitative estimate of drug-likeness (QED) is 0.169. The predicted octanol–water partition coefficient (Wildman–Crippen LogP) is 2.62. The first kappa shape index (κ1) is 15.7. The van der Waals surface area contributed by atoms with Gasteiger partial charge >= 0.3 is 5.97 Å². The predicted molar refractivity (Wildman–Crippen MR) is 62.3 cm³/mol. The van der Waals surface area contributed by atoms with Gasteiger partial charge in [0.05, 0.1) is 0 Å². The molecule has 0 aliphatic carbocycles. The van der Waals surface area contributed by atoms with Gasteiger partial charge in [0, 0.05) is 6.08 Å². The molecule has 0 aliphatic heterocycles. The molecule has 0 bridgehead atoms. The van der Waals surface area contributed by atoms with Crippen molar-refractivity contribution in [3.63, 3.8) is 0 Å². The van der Waals surface area contributed by atoms with E-state index >= 15 is 0 Å². The average molecular weight is 210 g/mol. The zero-order valence-electron chi connectivity index (χ0n) is 9.20. The van der Waals surface area contributed by atoms with Gasteiger partial charge in [0.1, 0.15) is 19.0 Å². The third-order valence-corrected chi connectivity index (χ3v) is 1.13. The maximum Gasteiger partial charge on any atom is 0.330 e. The maximum absolute atomic E-state index is 10.5. The average Bonchev–Trinajstić information content (AvgIpc) is 2.27. The summed E-state index contributed by atoms with van der Waals surface area (Å²) in [4.78, 5) is 10.5. The Balaban J connectivity index is 0. The topological polar surface area (TPSA) is 35.5 Å². The minimum absolute atomic E-state index is 0.210. The number of carbonyl (C=O) groups excluding carboxylic acids is 1. The standard InChI is InChI=1S/C10H14O3.C2H4/c1-4-6-9(3)12-7-8-13-10(11)5-2;1-2/h4-6H,2-3,7-8H2,1H3;1-2H2/b6-4-;. The summed E-state index contributed by atoms with van der Waals surface area (Å²) in [5, 5.41) is 0. The van der Waals surface area contributed by atoms with Gasteiger partial charge in [-0.1, -0.05) is 19.2 Å². The summed E-state index contributed by atoms with van der Waals surface area (Å²) in [6.45, 7) is 15.3. The van der Waals surface area contributed by atoms with Crippen molar-refractivity contribution in [2.75, 3.05) is 13.2 Å². The second-order valence-corrected chi connectivity index (χ2v) is 2.19. The summed E-state index contributed by atoms with van der Waals surface area (Å²) in [5.74, 6) is 0.109. The third-order valence-electron chi connectivity index (χ3n) is 1.13. The van der Waals surface area contributed by atoms with Crippen LogP contribution in [0.1, 0.15) is 6.92 Å². The summed E-state index contributed by atoms with van der Waals surface area (Å²) < 4.78 is 9.76. The molecule has 0 unspecified atom stereocenters. The largest absolute Gasteiger partial charge is 0.491 e. The first-order chi connectivity index (χ1) is 7.20. The monoisotopic (exact) mass is 210 g/mol. The molecule has 0 amide bonds. The van der Waals surface area contributed by atoms with Gasteiger partial charge in [0.15, 0.2) is 0 Å². The minimum Gasteiger partial charge on any atom is -0.491 e. The van der Waals surface area contributed by atoms with Gasteiger partial charge in [-0.15, -0.1) is 13.2 Å². The van der Waals surface area contributed by atoms with Crippen molar-refractivity contribution in [1.29, 1.82) is 0 Å². The zero-order chi connectivity index (χ0) is 12.1. The van der Waals surface area contributed by atoms with Crippen LogP contribution in [0.4, 0.5) is 0 Å². The van der Waals surface area contributed by atoms with Crippen molar-refractivity contribution in [1.82, 2.24) is 0 Å². The van der Waals surface area contributed by atoms with Crippen LogP contribution in [-0.2, 0) is 14.3 Å². The van der Waals surface area contributed by atoms with Gasteiger partial charge in [-0.25, -0.2) is 4.79 Å². The van der Waals surface area contributed by atoms with Crippen molar-refractivity contribution >= 4 is 5.97 Å². The van der Waals surface area contributed by atoms with Crippen LogP contribution in [0.25, 0.3) is 0 Å². The van der Waals surface area contributed by atoms with E-state index in [0.717, 1.165) is 6.08 Å². The van der Waals surface area contributed by atoms with Crippen LogP contribution in [0.5, 0.6) is 0 Å². The number of ether oxygens (including phenoxy) is 2. The number of hydrogen-bond donors (Lipinski definition) is 0. The lowest BCUT2D eigenvalue weighted by Crippen LogP contribution is -2.07. The molecular weight excluding hydrogens is 192 g/mol. The number of esters is 1. The third kappa shape index (κ3) is 12.2. The number of allylic oxidation sites excluding steroid dienone is 2. The van der Waals surface area contributed by atoms with E-state index in [0.29, 0.717) is 12.4 Å². The minimum atomic E-state index is -0.444. The van der Waals surface area contributed by atoms with Gasteiger partial charge in [0.2, 0.25) is 0 Å². The molecule has 0 saturated carbocycles. The first-order valence-electron chi connectivity index (χ1n) is 4.44. The van der Waals surface area contributed by atoms with E-state index in [1.165, 1.54) is 0 Å². The molecule has 0 spiro atoms. The SMILES string of the molecule is C=C.C=CC(=O)OCCOC(=C)/C=C\C. The molecule has 0 rings (SSSR count). The van der Waals surface area contributed by atoms with Gasteiger partial charge < -0.3 is 9.47 Å². The molecule has 3 nitrogen and oxygen atoms in total. The van der Waals surface area contributed by atoms with E-state index in [4.69, 9.17) is 4.74 Å². The smallest absolute Gasteiger partial charge is 0.330 e. The van der Waals surface area contributed by atoms with E-state index in [-0.39, 0.29) is 6.61 Å². The lowest BCUT2D eigenvalue weighted by Gasteiger charge is -2.04. The highest BCUT2D eigenvalue weighted by molar-refractivity contribution is 5.81. The summed E-state index contributed by atoms with van der Waals surface area (Å²) in [5.41, 5.74) is 0. The fourth-order valence-electron chi connectivity index (χ4n) is 0.608. The van der Waals surface area contributed by atoms with Crippen LogP contribution in [0.15, 0.2) is 50.3 Å². The normalized spacial score (nSPS) is 8.60. The fraction of sp³-hybridized carbons (Fsp3) is 0.250. The van der Waals surface area contributed by atoms with Gasteiger partial charge in [0.25, 0.3) is 0 Å². The Kier molecular flexibility index (Phi) is 12.8. The molecule has 0 aromatic rings. The van der Waals surface area contributed by atoms with Gasteiger partial charge in [-0.2, -0.15) is 0 Å². The molecule has 0 aliphatic rings. The summed E-state index contributed by atoms with van der Waals surface area (Å²) >= 11 is 0. The Morgan fingerprint density at radius 2 is 1.80 bits per heavy atom. The lowest BCUT2D eigenvalue weighted by molar-refractivity contribution is -0.138. The Hall–Kier alpha value is -1.77. The van der Waals surface area contributed by atoms with E-state index in [2.05, 4.69) is 31.1 Å². The van der Waals surface area contributed by atoms with Crippen molar-refractivity contribution < 1.29 is 14.3 Å². The summed E-state index contributed by atoms with van der Waals surface area (Å²) in [6.07, 6.45) is 4.66. The Morgan fingerprint density at radius 3 is 2.27 bits per heavy atom. The van der Waals surface area contributed by atoms with E-state index < -0.39 is 5.97 Å². The van der Waals surface area contributed by atoms with E-state index in [1.54, 1.807) is 6.08 Å². The molecule has 3 heteroatoms. The lowest BCUT2D eigenvalue weighted by atomic mass is 10.5. The molecule has 0 aromatic carbocycles. The summed E-state index contributed by atoms with van der Waals surface area (Å²) in [6, 6.07) is 0. The van der Waals surface area contributed by atoms with Gasteiger partial charge in [-0.3, -0.25) is 0 Å². The van der Waals surface area contributed by atoms with E-state index in [1.807, 2.05) is 13.0 Å². The van der Waals surface area contributed by atoms with Crippen LogP contribution in [-0.4, -0.2) is 19.2 Å². The fourth-order valence-corrected chi connectivity index (χ4v) is 0.608. The molecular formula is C12H18O3. The molecule has 0 aromatic heterocycles.